The van der Waals surface area contributed by atoms with Crippen LogP contribution in [0.1, 0.15) is 20.8 Å². The van der Waals surface area contributed by atoms with Crippen LogP contribution in [-0.4, -0.2) is 48.3 Å². The summed E-state index contributed by atoms with van der Waals surface area (Å²) in [4.78, 5) is 22.2. The highest BCUT2D eigenvalue weighted by molar-refractivity contribution is 5.69. The minimum absolute atomic E-state index is 0.151. The first-order chi connectivity index (χ1) is 7.76. The van der Waals surface area contributed by atoms with E-state index < -0.39 is 30.0 Å². The van der Waals surface area contributed by atoms with Gasteiger partial charge in [-0.3, -0.25) is 0 Å². The van der Waals surface area contributed by atoms with Crippen molar-refractivity contribution in [3.8, 4) is 0 Å². The fourth-order valence-electron chi connectivity index (χ4n) is 1.20. The van der Waals surface area contributed by atoms with Crippen molar-refractivity contribution in [1.29, 1.82) is 0 Å². The Morgan fingerprint density at radius 3 is 2.41 bits per heavy atom. The standard InChI is InChI=1S/C10H17NO6/c1-9(2,3)17-7(13)11-10(4-12)5-15-8(14)16-6-10/h12H,4-6H2,1-3H3,(H,11,13). The van der Waals surface area contributed by atoms with Crippen molar-refractivity contribution in [1.82, 2.24) is 5.32 Å². The molecule has 7 heteroatoms. The second kappa shape index (κ2) is 4.79. The molecule has 0 bridgehead atoms. The molecule has 0 spiro atoms. The first-order valence-electron chi connectivity index (χ1n) is 5.18. The lowest BCUT2D eigenvalue weighted by Gasteiger charge is -2.35. The Morgan fingerprint density at radius 1 is 1.47 bits per heavy atom. The van der Waals surface area contributed by atoms with E-state index in [-0.39, 0.29) is 13.2 Å². The van der Waals surface area contributed by atoms with Gasteiger partial charge >= 0.3 is 12.2 Å². The summed E-state index contributed by atoms with van der Waals surface area (Å²) < 4.78 is 14.3. The first kappa shape index (κ1) is 13.6. The summed E-state index contributed by atoms with van der Waals surface area (Å²) in [5, 5.41) is 11.7. The molecule has 17 heavy (non-hydrogen) atoms. The number of hydrogen-bond donors (Lipinski definition) is 2. The second-order valence-corrected chi connectivity index (χ2v) is 4.89. The van der Waals surface area contributed by atoms with Gasteiger partial charge in [0.25, 0.3) is 0 Å². The van der Waals surface area contributed by atoms with Gasteiger partial charge in [-0.05, 0) is 20.8 Å². The van der Waals surface area contributed by atoms with Gasteiger partial charge in [0.1, 0.15) is 24.4 Å². The van der Waals surface area contributed by atoms with Gasteiger partial charge in [-0.1, -0.05) is 0 Å². The molecule has 1 heterocycles. The molecule has 0 aromatic carbocycles. The van der Waals surface area contributed by atoms with Gasteiger partial charge in [0.2, 0.25) is 0 Å². The quantitative estimate of drug-likeness (QED) is 0.686. The molecule has 0 aromatic rings. The second-order valence-electron chi connectivity index (χ2n) is 4.89. The Bertz CT molecular complexity index is 298. The fourth-order valence-corrected chi connectivity index (χ4v) is 1.20. The molecular weight excluding hydrogens is 230 g/mol. The third-order valence-corrected chi connectivity index (χ3v) is 2.00. The zero-order valence-electron chi connectivity index (χ0n) is 10.1. The lowest BCUT2D eigenvalue weighted by molar-refractivity contribution is -0.0565. The summed E-state index contributed by atoms with van der Waals surface area (Å²) in [7, 11) is 0. The smallest absolute Gasteiger partial charge is 0.444 e. The average molecular weight is 247 g/mol. The molecule has 0 unspecified atom stereocenters. The van der Waals surface area contributed by atoms with E-state index >= 15 is 0 Å². The number of rotatable bonds is 2. The molecule has 1 aliphatic rings. The Balaban J connectivity index is 2.57. The van der Waals surface area contributed by atoms with Crippen LogP contribution in [0.25, 0.3) is 0 Å². The summed E-state index contributed by atoms with van der Waals surface area (Å²) in [6.07, 6.45) is -1.52. The molecule has 0 aromatic heterocycles. The summed E-state index contributed by atoms with van der Waals surface area (Å²) in [5.41, 5.74) is -1.79. The molecule has 1 amide bonds. The van der Waals surface area contributed by atoms with Gasteiger partial charge in [-0.15, -0.1) is 0 Å². The van der Waals surface area contributed by atoms with Gasteiger partial charge in [-0.25, -0.2) is 9.59 Å². The summed E-state index contributed by atoms with van der Waals surface area (Å²) >= 11 is 0. The van der Waals surface area contributed by atoms with Gasteiger partial charge in [0.05, 0.1) is 6.61 Å². The molecule has 1 aliphatic heterocycles. The number of hydrogen-bond acceptors (Lipinski definition) is 6. The van der Waals surface area contributed by atoms with Crippen molar-refractivity contribution in [2.75, 3.05) is 19.8 Å². The Morgan fingerprint density at radius 2 is 2.00 bits per heavy atom. The van der Waals surface area contributed by atoms with E-state index in [1.165, 1.54) is 0 Å². The van der Waals surface area contributed by atoms with E-state index in [1.54, 1.807) is 20.8 Å². The number of cyclic esters (lactones) is 2. The van der Waals surface area contributed by atoms with Crippen molar-refractivity contribution >= 4 is 12.2 Å². The topological polar surface area (TPSA) is 94.1 Å². The molecule has 1 saturated heterocycles. The van der Waals surface area contributed by atoms with E-state index in [1.807, 2.05) is 0 Å². The Hall–Kier alpha value is -1.50. The number of nitrogens with one attached hydrogen (secondary N) is 1. The van der Waals surface area contributed by atoms with E-state index in [0.717, 1.165) is 0 Å². The maximum atomic E-state index is 11.5. The summed E-state index contributed by atoms with van der Waals surface area (Å²) in [5.74, 6) is 0. The van der Waals surface area contributed by atoms with E-state index in [0.29, 0.717) is 0 Å². The highest BCUT2D eigenvalue weighted by atomic mass is 16.7. The van der Waals surface area contributed by atoms with Crippen LogP contribution in [-0.2, 0) is 14.2 Å². The summed E-state index contributed by atoms with van der Waals surface area (Å²) in [6.45, 7) is 4.43. The zero-order chi connectivity index (χ0) is 13.1. The molecule has 98 valence electrons. The Kier molecular flexibility index (Phi) is 3.82. The van der Waals surface area contributed by atoms with E-state index in [2.05, 4.69) is 14.8 Å². The molecule has 7 nitrogen and oxygen atoms in total. The van der Waals surface area contributed by atoms with Crippen LogP contribution in [0, 0.1) is 0 Å². The van der Waals surface area contributed by atoms with Crippen LogP contribution >= 0.6 is 0 Å². The van der Waals surface area contributed by atoms with Crippen LogP contribution in [0.15, 0.2) is 0 Å². The summed E-state index contributed by atoms with van der Waals surface area (Å²) in [6, 6.07) is 0. The maximum Gasteiger partial charge on any atom is 0.508 e. The number of alkyl carbamates (subject to hydrolysis) is 1. The number of ether oxygens (including phenoxy) is 3. The first-order valence-corrected chi connectivity index (χ1v) is 5.18. The van der Waals surface area contributed by atoms with Crippen molar-refractivity contribution in [2.24, 2.45) is 0 Å². The minimum atomic E-state index is -1.14. The van der Waals surface area contributed by atoms with Gasteiger partial charge in [-0.2, -0.15) is 0 Å². The molecule has 1 rings (SSSR count). The van der Waals surface area contributed by atoms with Crippen molar-refractivity contribution in [2.45, 2.75) is 31.9 Å². The average Bonchev–Trinajstić information content (AvgIpc) is 2.19. The third kappa shape index (κ3) is 4.10. The lowest BCUT2D eigenvalue weighted by atomic mass is 10.0. The third-order valence-electron chi connectivity index (χ3n) is 2.00. The fraction of sp³-hybridized carbons (Fsp3) is 0.800. The normalized spacial score (nSPS) is 18.9. The predicted molar refractivity (Wildman–Crippen MR) is 56.5 cm³/mol. The van der Waals surface area contributed by atoms with E-state index in [4.69, 9.17) is 4.74 Å². The lowest BCUT2D eigenvalue weighted by Crippen LogP contribution is -2.61. The van der Waals surface area contributed by atoms with Crippen LogP contribution in [0.4, 0.5) is 9.59 Å². The van der Waals surface area contributed by atoms with Gasteiger partial charge in [0.15, 0.2) is 0 Å². The molecule has 0 atom stereocenters. The molecule has 0 saturated carbocycles. The Labute approximate surface area is 99.0 Å². The number of carbonyl (C=O) groups is 2. The molecule has 2 N–H and O–H groups in total. The van der Waals surface area contributed by atoms with Crippen molar-refractivity contribution in [3.05, 3.63) is 0 Å². The SMILES string of the molecule is CC(C)(C)OC(=O)NC1(CO)COC(=O)OC1. The predicted octanol–water partition coefficient (Wildman–Crippen LogP) is 0.409. The number of aliphatic hydroxyl groups is 1. The van der Waals surface area contributed by atoms with Gasteiger partial charge in [0, 0.05) is 0 Å². The number of carbonyl (C=O) groups excluding carboxylic acids is 2. The highest BCUT2D eigenvalue weighted by Gasteiger charge is 2.39. The number of aliphatic hydroxyl groups excluding tert-OH is 1. The van der Waals surface area contributed by atoms with Crippen LogP contribution in [0.3, 0.4) is 0 Å². The monoisotopic (exact) mass is 247 g/mol. The molecule has 0 aliphatic carbocycles. The van der Waals surface area contributed by atoms with Crippen molar-refractivity contribution < 1.29 is 28.9 Å². The van der Waals surface area contributed by atoms with Crippen molar-refractivity contribution in [3.63, 3.8) is 0 Å². The van der Waals surface area contributed by atoms with E-state index in [9.17, 15) is 14.7 Å². The van der Waals surface area contributed by atoms with Crippen LogP contribution < -0.4 is 5.32 Å². The van der Waals surface area contributed by atoms with Crippen LogP contribution in [0.5, 0.6) is 0 Å². The number of amides is 1. The maximum absolute atomic E-state index is 11.5. The molecule has 1 fully saturated rings. The minimum Gasteiger partial charge on any atom is -0.444 e. The van der Waals surface area contributed by atoms with Crippen LogP contribution in [0.2, 0.25) is 0 Å². The largest absolute Gasteiger partial charge is 0.508 e. The van der Waals surface area contributed by atoms with Gasteiger partial charge < -0.3 is 24.6 Å². The molecule has 0 radical (unpaired) electrons. The zero-order valence-corrected chi connectivity index (χ0v) is 10.1. The highest BCUT2D eigenvalue weighted by Crippen LogP contribution is 2.14. The molecular formula is C10H17NO6.